The highest BCUT2D eigenvalue weighted by Crippen LogP contribution is 2.22. The van der Waals surface area contributed by atoms with Crippen molar-refractivity contribution in [1.29, 1.82) is 0 Å². The Labute approximate surface area is 117 Å². The number of rotatable bonds is 4. The fourth-order valence-electron chi connectivity index (χ4n) is 3.39. The van der Waals surface area contributed by atoms with Gasteiger partial charge in [-0.25, -0.2) is 0 Å². The maximum Gasteiger partial charge on any atom is 0.225 e. The maximum atomic E-state index is 12.3. The number of carbonyl (C=O) groups is 1. The van der Waals surface area contributed by atoms with Crippen LogP contribution in [0.1, 0.15) is 46.0 Å². The van der Waals surface area contributed by atoms with Gasteiger partial charge in [0.2, 0.25) is 5.91 Å². The van der Waals surface area contributed by atoms with E-state index >= 15 is 0 Å². The molecule has 2 saturated heterocycles. The highest BCUT2D eigenvalue weighted by atomic mass is 16.2. The summed E-state index contributed by atoms with van der Waals surface area (Å²) in [6.45, 7) is 8.31. The Hall–Kier alpha value is -0.610. The number of carbonyl (C=O) groups excluding carboxylic acids is 1. The summed E-state index contributed by atoms with van der Waals surface area (Å²) in [6, 6.07) is 0.963. The highest BCUT2D eigenvalue weighted by molar-refractivity contribution is 5.78. The Morgan fingerprint density at radius 2 is 1.95 bits per heavy atom. The van der Waals surface area contributed by atoms with Crippen molar-refractivity contribution in [3.63, 3.8) is 0 Å². The number of hydrogen-bond acceptors (Lipinski definition) is 3. The van der Waals surface area contributed by atoms with Crippen LogP contribution in [0.25, 0.3) is 0 Å². The predicted octanol–water partition coefficient (Wildman–Crippen LogP) is 1.45. The molecule has 0 radical (unpaired) electrons. The minimum absolute atomic E-state index is 0.193. The quantitative estimate of drug-likeness (QED) is 0.838. The van der Waals surface area contributed by atoms with Gasteiger partial charge in [0.05, 0.1) is 0 Å². The average molecular weight is 267 g/mol. The second-order valence-corrected chi connectivity index (χ2v) is 6.29. The molecule has 2 unspecified atom stereocenters. The first-order chi connectivity index (χ1) is 9.11. The van der Waals surface area contributed by atoms with E-state index in [1.165, 1.54) is 0 Å². The summed E-state index contributed by atoms with van der Waals surface area (Å²) < 4.78 is 0. The van der Waals surface area contributed by atoms with E-state index in [0.29, 0.717) is 18.0 Å². The minimum Gasteiger partial charge on any atom is -0.341 e. The summed E-state index contributed by atoms with van der Waals surface area (Å²) in [4.78, 5) is 16.9. The molecular formula is C15H29N3O. The zero-order chi connectivity index (χ0) is 13.8. The predicted molar refractivity (Wildman–Crippen MR) is 77.8 cm³/mol. The van der Waals surface area contributed by atoms with E-state index in [-0.39, 0.29) is 5.92 Å². The fourth-order valence-corrected chi connectivity index (χ4v) is 3.39. The maximum absolute atomic E-state index is 12.3. The van der Waals surface area contributed by atoms with E-state index in [0.717, 1.165) is 58.3 Å². The van der Waals surface area contributed by atoms with Crippen molar-refractivity contribution in [2.45, 2.75) is 58.0 Å². The van der Waals surface area contributed by atoms with Gasteiger partial charge in [0.25, 0.3) is 0 Å². The zero-order valence-corrected chi connectivity index (χ0v) is 12.5. The van der Waals surface area contributed by atoms with Crippen molar-refractivity contribution in [2.24, 2.45) is 11.7 Å². The lowest BCUT2D eigenvalue weighted by Gasteiger charge is -2.34. The molecule has 1 amide bonds. The molecule has 0 aromatic rings. The first-order valence-corrected chi connectivity index (χ1v) is 7.90. The third-order valence-electron chi connectivity index (χ3n) is 4.71. The summed E-state index contributed by atoms with van der Waals surface area (Å²) in [5, 5.41) is 0. The Morgan fingerprint density at radius 1 is 1.26 bits per heavy atom. The van der Waals surface area contributed by atoms with Crippen LogP contribution in [-0.2, 0) is 4.79 Å². The molecule has 0 aromatic carbocycles. The van der Waals surface area contributed by atoms with Gasteiger partial charge in [0.15, 0.2) is 0 Å². The summed E-state index contributed by atoms with van der Waals surface area (Å²) in [7, 11) is 0. The minimum atomic E-state index is 0.193. The molecule has 2 aliphatic heterocycles. The Morgan fingerprint density at radius 3 is 2.58 bits per heavy atom. The molecule has 0 aromatic heterocycles. The third kappa shape index (κ3) is 3.69. The van der Waals surface area contributed by atoms with Crippen molar-refractivity contribution >= 4 is 5.91 Å². The molecule has 0 saturated carbocycles. The van der Waals surface area contributed by atoms with Crippen LogP contribution in [0.3, 0.4) is 0 Å². The van der Waals surface area contributed by atoms with Gasteiger partial charge in [-0.05, 0) is 38.8 Å². The molecule has 2 heterocycles. The van der Waals surface area contributed by atoms with Crippen LogP contribution in [0.2, 0.25) is 0 Å². The molecule has 0 spiro atoms. The number of hydrogen-bond donors (Lipinski definition) is 1. The third-order valence-corrected chi connectivity index (χ3v) is 4.71. The summed E-state index contributed by atoms with van der Waals surface area (Å²) in [5.74, 6) is 0.552. The van der Waals surface area contributed by atoms with Gasteiger partial charge in [-0.3, -0.25) is 9.69 Å². The molecule has 19 heavy (non-hydrogen) atoms. The highest BCUT2D eigenvalue weighted by Gasteiger charge is 2.33. The molecule has 0 bridgehead atoms. The number of nitrogens with two attached hydrogens (primary N) is 1. The molecule has 2 N–H and O–H groups in total. The van der Waals surface area contributed by atoms with E-state index in [4.69, 9.17) is 5.73 Å². The van der Waals surface area contributed by atoms with E-state index in [1.807, 2.05) is 0 Å². The van der Waals surface area contributed by atoms with E-state index in [9.17, 15) is 4.79 Å². The largest absolute Gasteiger partial charge is 0.341 e. The first-order valence-electron chi connectivity index (χ1n) is 7.90. The van der Waals surface area contributed by atoms with Crippen molar-refractivity contribution in [3.05, 3.63) is 0 Å². The number of amides is 1. The van der Waals surface area contributed by atoms with E-state index in [1.54, 1.807) is 0 Å². The van der Waals surface area contributed by atoms with Crippen LogP contribution >= 0.6 is 0 Å². The van der Waals surface area contributed by atoms with Crippen LogP contribution in [0, 0.1) is 5.92 Å². The molecular weight excluding hydrogens is 238 g/mol. The van der Waals surface area contributed by atoms with Crippen LogP contribution in [0.5, 0.6) is 0 Å². The molecule has 2 rings (SSSR count). The van der Waals surface area contributed by atoms with Crippen molar-refractivity contribution in [2.75, 3.05) is 26.2 Å². The van der Waals surface area contributed by atoms with Crippen LogP contribution in [0.15, 0.2) is 0 Å². The number of likely N-dealkylation sites (tertiary alicyclic amines) is 2. The topological polar surface area (TPSA) is 49.6 Å². The fraction of sp³-hybridized carbons (Fsp3) is 0.933. The van der Waals surface area contributed by atoms with E-state index in [2.05, 4.69) is 23.6 Å². The summed E-state index contributed by atoms with van der Waals surface area (Å²) in [5.41, 5.74) is 5.95. The molecule has 2 fully saturated rings. The standard InChI is InChI=1S/C15H29N3O/c1-3-4-12(2)15(19)18-10-7-14(11-18)17-8-5-13(16)6-9-17/h12-14H,3-11,16H2,1-2H3. The molecule has 4 heteroatoms. The lowest BCUT2D eigenvalue weighted by Crippen LogP contribution is -2.46. The van der Waals surface area contributed by atoms with Gasteiger partial charge in [0, 0.05) is 31.1 Å². The molecule has 2 atom stereocenters. The average Bonchev–Trinajstić information content (AvgIpc) is 2.88. The Bertz CT molecular complexity index is 300. The lowest BCUT2D eigenvalue weighted by atomic mass is 10.0. The monoisotopic (exact) mass is 267 g/mol. The SMILES string of the molecule is CCCC(C)C(=O)N1CCC(N2CCC(N)CC2)C1. The van der Waals surface area contributed by atoms with Gasteiger partial charge >= 0.3 is 0 Å². The number of piperidine rings is 1. The molecule has 2 aliphatic rings. The van der Waals surface area contributed by atoms with Gasteiger partial charge in [0.1, 0.15) is 0 Å². The molecule has 110 valence electrons. The molecule has 0 aliphatic carbocycles. The van der Waals surface area contributed by atoms with Crippen LogP contribution < -0.4 is 5.73 Å². The van der Waals surface area contributed by atoms with Gasteiger partial charge in [-0.1, -0.05) is 20.3 Å². The van der Waals surface area contributed by atoms with Crippen molar-refractivity contribution < 1.29 is 4.79 Å². The van der Waals surface area contributed by atoms with Crippen LogP contribution in [-0.4, -0.2) is 54.0 Å². The summed E-state index contributed by atoms with van der Waals surface area (Å²) >= 11 is 0. The zero-order valence-electron chi connectivity index (χ0n) is 12.5. The lowest BCUT2D eigenvalue weighted by molar-refractivity contribution is -0.134. The second kappa shape index (κ2) is 6.71. The van der Waals surface area contributed by atoms with Crippen LogP contribution in [0.4, 0.5) is 0 Å². The van der Waals surface area contributed by atoms with Gasteiger partial charge < -0.3 is 10.6 Å². The molecule has 4 nitrogen and oxygen atoms in total. The number of nitrogens with zero attached hydrogens (tertiary/aromatic N) is 2. The summed E-state index contributed by atoms with van der Waals surface area (Å²) in [6.07, 6.45) is 5.46. The van der Waals surface area contributed by atoms with Gasteiger partial charge in [-0.15, -0.1) is 0 Å². The Balaban J connectivity index is 1.81. The first kappa shape index (κ1) is 14.8. The van der Waals surface area contributed by atoms with Gasteiger partial charge in [-0.2, -0.15) is 0 Å². The van der Waals surface area contributed by atoms with Crippen molar-refractivity contribution in [3.8, 4) is 0 Å². The van der Waals surface area contributed by atoms with Crippen molar-refractivity contribution in [1.82, 2.24) is 9.80 Å². The Kier molecular flexibility index (Phi) is 5.22. The smallest absolute Gasteiger partial charge is 0.225 e. The van der Waals surface area contributed by atoms with E-state index < -0.39 is 0 Å². The second-order valence-electron chi connectivity index (χ2n) is 6.29. The normalized spacial score (nSPS) is 27.7.